The Labute approximate surface area is 264 Å². The van der Waals surface area contributed by atoms with Gasteiger partial charge in [-0.15, -0.1) is 0 Å². The molecule has 218 valence electrons. The van der Waals surface area contributed by atoms with Gasteiger partial charge < -0.3 is 0 Å². The Morgan fingerprint density at radius 3 is 1.68 bits per heavy atom. The highest BCUT2D eigenvalue weighted by Crippen LogP contribution is 2.55. The summed E-state index contributed by atoms with van der Waals surface area (Å²) >= 11 is 0. The summed E-state index contributed by atoms with van der Waals surface area (Å²) in [6.07, 6.45) is 7.49. The Balaban J connectivity index is 1.43. The lowest BCUT2D eigenvalue weighted by Crippen LogP contribution is -2.65. The van der Waals surface area contributed by atoms with Crippen molar-refractivity contribution in [1.29, 1.82) is 0 Å². The molecule has 0 amide bonds. The van der Waals surface area contributed by atoms with Crippen LogP contribution in [0.5, 0.6) is 0 Å². The molecule has 2 atom stereocenters. The molecule has 2 aliphatic rings. The van der Waals surface area contributed by atoms with Gasteiger partial charge in [-0.2, -0.15) is 0 Å². The van der Waals surface area contributed by atoms with Crippen LogP contribution < -0.4 is 10.4 Å². The Bertz CT molecular complexity index is 1750. The molecule has 44 heavy (non-hydrogen) atoms. The van der Waals surface area contributed by atoms with E-state index >= 15 is 0 Å². The van der Waals surface area contributed by atoms with Crippen LogP contribution in [-0.4, -0.2) is 8.07 Å². The normalized spacial score (nSPS) is 19.8. The number of hydrogen-bond donors (Lipinski definition) is 0. The second-order valence-corrected chi connectivity index (χ2v) is 18.8. The summed E-state index contributed by atoms with van der Waals surface area (Å²) in [5.74, 6) is 0.435. The monoisotopic (exact) mass is 586 g/mol. The molecular weight excluding hydrogens is 545 g/mol. The Morgan fingerprint density at radius 1 is 0.614 bits per heavy atom. The van der Waals surface area contributed by atoms with Crippen LogP contribution in [0.1, 0.15) is 55.9 Å². The highest BCUT2D eigenvalue weighted by atomic mass is 28.3. The molecule has 0 bridgehead atoms. The first-order chi connectivity index (χ1) is 21.4. The van der Waals surface area contributed by atoms with E-state index in [0.717, 1.165) is 12.8 Å². The molecule has 5 aromatic carbocycles. The van der Waals surface area contributed by atoms with Crippen molar-refractivity contribution >= 4 is 29.6 Å². The van der Waals surface area contributed by atoms with Crippen LogP contribution in [0.2, 0.25) is 11.1 Å². The van der Waals surface area contributed by atoms with E-state index in [9.17, 15) is 0 Å². The lowest BCUT2D eigenvalue weighted by molar-refractivity contribution is 0.425. The van der Waals surface area contributed by atoms with Crippen LogP contribution in [-0.2, 0) is 5.41 Å². The van der Waals surface area contributed by atoms with Gasteiger partial charge in [0.25, 0.3) is 0 Å². The molecule has 5 aromatic rings. The first-order valence-corrected chi connectivity index (χ1v) is 18.4. The van der Waals surface area contributed by atoms with Crippen molar-refractivity contribution in [2.75, 3.05) is 0 Å². The molecule has 7 rings (SSSR count). The number of allylic oxidation sites excluding steroid dienone is 3. The van der Waals surface area contributed by atoms with Crippen molar-refractivity contribution in [2.24, 2.45) is 5.92 Å². The van der Waals surface area contributed by atoms with Gasteiger partial charge in [-0.25, -0.2) is 0 Å². The fourth-order valence-corrected chi connectivity index (χ4v) is 14.2. The SMILES string of the molecule is CC(C)(C)[Si](C[C@H]1C=C(c2ccccc2)C[C@@]2(C=C(c3ccccc3)c3ccccc32)C1)(c1ccccc1)c1ccccc1. The second kappa shape index (κ2) is 11.4. The lowest BCUT2D eigenvalue weighted by atomic mass is 9.67. The minimum Gasteiger partial charge on any atom is -0.0778 e. The average molecular weight is 587 g/mol. The number of hydrogen-bond acceptors (Lipinski definition) is 0. The van der Waals surface area contributed by atoms with Crippen molar-refractivity contribution in [1.82, 2.24) is 0 Å². The molecule has 0 heterocycles. The highest BCUT2D eigenvalue weighted by molar-refractivity contribution is 7.04. The molecule has 0 aromatic heterocycles. The summed E-state index contributed by atoms with van der Waals surface area (Å²) in [6, 6.07) is 55.6. The van der Waals surface area contributed by atoms with Gasteiger partial charge in [0, 0.05) is 5.41 Å². The smallest absolute Gasteiger partial charge is 0.0778 e. The highest BCUT2D eigenvalue weighted by Gasteiger charge is 2.51. The topological polar surface area (TPSA) is 0 Å². The van der Waals surface area contributed by atoms with Gasteiger partial charge in [0.1, 0.15) is 8.07 Å². The van der Waals surface area contributed by atoms with Crippen LogP contribution in [0.15, 0.2) is 158 Å². The first kappa shape index (κ1) is 28.6. The fourth-order valence-electron chi connectivity index (χ4n) is 8.43. The summed E-state index contributed by atoms with van der Waals surface area (Å²) < 4.78 is 0. The molecule has 1 heteroatoms. The standard InChI is InChI=1S/C43H42Si/c1-42(2,3)44(37-22-12-6-13-23-37,38-24-14-7-15-25-38)32-33-28-36(34-18-8-4-9-19-34)30-43(29-33)31-40(35-20-10-5-11-21-35)39-26-16-17-27-41(39)43/h4-28,31,33H,29-30,32H2,1-3H3/t33-,43+/m0/s1. The summed E-state index contributed by atoms with van der Waals surface area (Å²) in [5.41, 5.74) is 8.40. The van der Waals surface area contributed by atoms with Gasteiger partial charge in [-0.3, -0.25) is 0 Å². The van der Waals surface area contributed by atoms with Crippen molar-refractivity contribution < 1.29 is 0 Å². The van der Waals surface area contributed by atoms with Crippen LogP contribution >= 0.6 is 0 Å². The number of benzene rings is 5. The van der Waals surface area contributed by atoms with Crippen LogP contribution in [0, 0.1) is 5.92 Å². The molecule has 0 fully saturated rings. The largest absolute Gasteiger partial charge is 0.123 e. The fraction of sp³-hybridized carbons (Fsp3) is 0.209. The molecule has 0 unspecified atom stereocenters. The molecule has 1 spiro atoms. The van der Waals surface area contributed by atoms with Gasteiger partial charge >= 0.3 is 0 Å². The van der Waals surface area contributed by atoms with E-state index in [1.165, 1.54) is 39.4 Å². The summed E-state index contributed by atoms with van der Waals surface area (Å²) in [7, 11) is -2.27. The van der Waals surface area contributed by atoms with E-state index in [-0.39, 0.29) is 10.5 Å². The molecule has 0 N–H and O–H groups in total. The predicted octanol–water partition coefficient (Wildman–Crippen LogP) is 9.93. The molecule has 2 aliphatic carbocycles. The van der Waals surface area contributed by atoms with Crippen molar-refractivity contribution in [3.05, 3.63) is 180 Å². The van der Waals surface area contributed by atoms with Gasteiger partial charge in [0.15, 0.2) is 0 Å². The van der Waals surface area contributed by atoms with E-state index < -0.39 is 8.07 Å². The van der Waals surface area contributed by atoms with Crippen LogP contribution in [0.4, 0.5) is 0 Å². The number of fused-ring (bicyclic) bond motifs is 2. The summed E-state index contributed by atoms with van der Waals surface area (Å²) in [5, 5.41) is 3.21. The van der Waals surface area contributed by atoms with E-state index in [4.69, 9.17) is 0 Å². The van der Waals surface area contributed by atoms with Crippen molar-refractivity contribution in [3.8, 4) is 0 Å². The number of rotatable bonds is 6. The molecule has 0 radical (unpaired) electrons. The van der Waals surface area contributed by atoms with Crippen LogP contribution in [0.3, 0.4) is 0 Å². The van der Waals surface area contributed by atoms with Gasteiger partial charge in [0.2, 0.25) is 0 Å². The van der Waals surface area contributed by atoms with E-state index in [2.05, 4.69) is 179 Å². The van der Waals surface area contributed by atoms with Gasteiger partial charge in [-0.05, 0) is 63.2 Å². The Hall–Kier alpha value is -4.20. The minimum absolute atomic E-state index is 0.0439. The molecular formula is C43H42Si. The maximum atomic E-state index is 2.68. The van der Waals surface area contributed by atoms with Crippen molar-refractivity contribution in [2.45, 2.75) is 50.1 Å². The van der Waals surface area contributed by atoms with Crippen LogP contribution in [0.25, 0.3) is 11.1 Å². The third-order valence-electron chi connectivity index (χ3n) is 10.4. The minimum atomic E-state index is -2.27. The zero-order valence-electron chi connectivity index (χ0n) is 26.2. The molecule has 0 saturated heterocycles. The zero-order valence-corrected chi connectivity index (χ0v) is 27.2. The third kappa shape index (κ3) is 4.94. The van der Waals surface area contributed by atoms with E-state index in [1.807, 2.05) is 0 Å². The quantitative estimate of drug-likeness (QED) is 0.174. The predicted molar refractivity (Wildman–Crippen MR) is 191 cm³/mol. The van der Waals surface area contributed by atoms with E-state index in [1.54, 1.807) is 10.4 Å². The lowest BCUT2D eigenvalue weighted by Gasteiger charge is -2.48. The molecule has 0 saturated carbocycles. The van der Waals surface area contributed by atoms with E-state index in [0.29, 0.717) is 5.92 Å². The third-order valence-corrected chi connectivity index (χ3v) is 16.7. The average Bonchev–Trinajstić information content (AvgIpc) is 3.37. The maximum absolute atomic E-state index is 2.68. The summed E-state index contributed by atoms with van der Waals surface area (Å²) in [4.78, 5) is 0. The van der Waals surface area contributed by atoms with Crippen molar-refractivity contribution in [3.63, 3.8) is 0 Å². The van der Waals surface area contributed by atoms with Gasteiger partial charge in [0.05, 0.1) is 0 Å². The van der Waals surface area contributed by atoms with Gasteiger partial charge in [-0.1, -0.05) is 189 Å². The zero-order chi connectivity index (χ0) is 30.2. The Kier molecular flexibility index (Phi) is 7.39. The molecule has 0 aliphatic heterocycles. The Morgan fingerprint density at radius 2 is 1.11 bits per heavy atom. The summed E-state index contributed by atoms with van der Waals surface area (Å²) in [6.45, 7) is 7.49. The first-order valence-electron chi connectivity index (χ1n) is 16.2. The molecule has 0 nitrogen and oxygen atoms in total. The second-order valence-electron chi connectivity index (χ2n) is 13.9. The maximum Gasteiger partial charge on any atom is 0.123 e.